The van der Waals surface area contributed by atoms with Gasteiger partial charge in [-0.25, -0.2) is 0 Å². The van der Waals surface area contributed by atoms with Crippen molar-refractivity contribution in [1.82, 2.24) is 0 Å². The first-order valence-corrected chi connectivity index (χ1v) is 22.7. The predicted octanol–water partition coefficient (Wildman–Crippen LogP) is 18.2. The summed E-state index contributed by atoms with van der Waals surface area (Å²) in [5.41, 5.74) is 15.2. The topological polar surface area (TPSA) is 3.24 Å². The highest BCUT2D eigenvalue weighted by Crippen LogP contribution is 2.49. The fourth-order valence-corrected chi connectivity index (χ4v) is 10.9. The van der Waals surface area contributed by atoms with Crippen molar-refractivity contribution in [1.29, 1.82) is 0 Å². The second-order valence-corrected chi connectivity index (χ2v) is 17.5. The van der Waals surface area contributed by atoms with Crippen LogP contribution in [0.2, 0.25) is 0 Å². The Labute approximate surface area is 377 Å². The molecule has 1 nitrogen and oxygen atoms in total. The molecule has 0 aliphatic carbocycles. The van der Waals surface area contributed by atoms with Crippen molar-refractivity contribution >= 4 is 70.1 Å². The molecule has 0 fully saturated rings. The summed E-state index contributed by atoms with van der Waals surface area (Å²) >= 11 is 1.86. The maximum atomic E-state index is 2.45. The maximum absolute atomic E-state index is 2.45. The Morgan fingerprint density at radius 1 is 0.281 bits per heavy atom. The van der Waals surface area contributed by atoms with Crippen LogP contribution in [0.4, 0.5) is 17.1 Å². The van der Waals surface area contributed by atoms with Crippen molar-refractivity contribution in [3.8, 4) is 55.6 Å². The van der Waals surface area contributed by atoms with Gasteiger partial charge in [0.15, 0.2) is 0 Å². The fraction of sp³-hybridized carbons (Fsp3) is 0. The van der Waals surface area contributed by atoms with Crippen molar-refractivity contribution in [3.63, 3.8) is 0 Å². The van der Waals surface area contributed by atoms with Gasteiger partial charge < -0.3 is 4.90 Å². The van der Waals surface area contributed by atoms with Crippen LogP contribution < -0.4 is 4.90 Å². The van der Waals surface area contributed by atoms with E-state index in [0.717, 1.165) is 17.1 Å². The molecule has 0 radical (unpaired) electrons. The highest BCUT2D eigenvalue weighted by Gasteiger charge is 2.23. The molecule has 64 heavy (non-hydrogen) atoms. The monoisotopic (exact) mass is 831 g/mol. The molecule has 0 bridgehead atoms. The molecule has 1 heterocycles. The number of fused-ring (bicyclic) bond motifs is 6. The summed E-state index contributed by atoms with van der Waals surface area (Å²) in [6.07, 6.45) is 0. The summed E-state index contributed by atoms with van der Waals surface area (Å²) < 4.78 is 2.62. The van der Waals surface area contributed by atoms with Gasteiger partial charge in [-0.2, -0.15) is 0 Å². The summed E-state index contributed by atoms with van der Waals surface area (Å²) in [4.78, 5) is 2.45. The molecule has 0 aliphatic rings. The number of rotatable bonds is 8. The Bertz CT molecular complexity index is 3640. The van der Waals surface area contributed by atoms with Crippen LogP contribution in [-0.4, -0.2) is 0 Å². The second-order valence-electron chi connectivity index (χ2n) is 16.4. The van der Waals surface area contributed by atoms with Crippen molar-refractivity contribution in [2.75, 3.05) is 4.90 Å². The minimum absolute atomic E-state index is 1.08. The molecule has 12 aromatic rings. The van der Waals surface area contributed by atoms with E-state index in [2.05, 4.69) is 254 Å². The molecule has 0 unspecified atom stereocenters. The van der Waals surface area contributed by atoms with Crippen molar-refractivity contribution in [2.24, 2.45) is 0 Å². The van der Waals surface area contributed by atoms with Crippen LogP contribution in [0.3, 0.4) is 0 Å². The zero-order chi connectivity index (χ0) is 42.4. The smallest absolute Gasteiger partial charge is 0.0546 e. The van der Waals surface area contributed by atoms with E-state index >= 15 is 0 Å². The number of nitrogens with zero attached hydrogens (tertiary/aromatic N) is 1. The third kappa shape index (κ3) is 6.55. The van der Waals surface area contributed by atoms with Gasteiger partial charge in [-0.15, -0.1) is 11.3 Å². The molecular formula is C62H41NS. The van der Waals surface area contributed by atoms with E-state index in [-0.39, 0.29) is 0 Å². The van der Waals surface area contributed by atoms with Gasteiger partial charge in [0.1, 0.15) is 0 Å². The first-order chi connectivity index (χ1) is 31.8. The average molecular weight is 832 g/mol. The normalized spacial score (nSPS) is 11.4. The van der Waals surface area contributed by atoms with E-state index in [9.17, 15) is 0 Å². The van der Waals surface area contributed by atoms with Crippen LogP contribution in [0, 0.1) is 0 Å². The SMILES string of the molecule is c1ccc(-c2ccccc2-c2c(-c3ccccc3)cccc2N(c2ccc(-c3cc4ccccc4c4ccccc34)cc2)c2ccc(-c3cccc4sc5ccccc5c34)cc2)cc1. The van der Waals surface area contributed by atoms with Crippen LogP contribution in [-0.2, 0) is 0 Å². The largest absolute Gasteiger partial charge is 0.310 e. The number of benzene rings is 11. The lowest BCUT2D eigenvalue weighted by Gasteiger charge is -2.30. The zero-order valence-corrected chi connectivity index (χ0v) is 35.8. The van der Waals surface area contributed by atoms with Crippen LogP contribution in [0.15, 0.2) is 249 Å². The Morgan fingerprint density at radius 2 is 0.766 bits per heavy atom. The van der Waals surface area contributed by atoms with Crippen molar-refractivity contribution in [3.05, 3.63) is 249 Å². The molecule has 2 heteroatoms. The quantitative estimate of drug-likeness (QED) is 0.138. The molecule has 0 aliphatic heterocycles. The minimum Gasteiger partial charge on any atom is -0.310 e. The van der Waals surface area contributed by atoms with Crippen LogP contribution in [0.25, 0.3) is 97.4 Å². The van der Waals surface area contributed by atoms with E-state index in [1.165, 1.54) is 97.4 Å². The van der Waals surface area contributed by atoms with E-state index < -0.39 is 0 Å². The molecule has 0 N–H and O–H groups in total. The third-order valence-corrected chi connectivity index (χ3v) is 13.8. The molecule has 0 saturated heterocycles. The van der Waals surface area contributed by atoms with Crippen LogP contribution in [0.1, 0.15) is 0 Å². The third-order valence-electron chi connectivity index (χ3n) is 12.7. The summed E-state index contributed by atoms with van der Waals surface area (Å²) in [6, 6.07) is 91.0. The lowest BCUT2D eigenvalue weighted by Crippen LogP contribution is -2.12. The summed E-state index contributed by atoms with van der Waals surface area (Å²) in [5, 5.41) is 7.67. The molecule has 0 saturated carbocycles. The number of anilines is 3. The van der Waals surface area contributed by atoms with Gasteiger partial charge in [-0.3, -0.25) is 0 Å². The van der Waals surface area contributed by atoms with Gasteiger partial charge in [-0.05, 0) is 120 Å². The van der Waals surface area contributed by atoms with E-state index in [4.69, 9.17) is 0 Å². The summed E-state index contributed by atoms with van der Waals surface area (Å²) in [6.45, 7) is 0. The van der Waals surface area contributed by atoms with Gasteiger partial charge in [0.05, 0.1) is 5.69 Å². The molecule has 0 atom stereocenters. The predicted molar refractivity (Wildman–Crippen MR) is 276 cm³/mol. The second kappa shape index (κ2) is 16.0. The van der Waals surface area contributed by atoms with Gasteiger partial charge >= 0.3 is 0 Å². The van der Waals surface area contributed by atoms with Crippen LogP contribution in [0.5, 0.6) is 0 Å². The first kappa shape index (κ1) is 37.7. The molecule has 0 amide bonds. The molecule has 1 aromatic heterocycles. The Hall–Kier alpha value is -8.04. The van der Waals surface area contributed by atoms with Crippen molar-refractivity contribution < 1.29 is 0 Å². The maximum Gasteiger partial charge on any atom is 0.0546 e. The van der Waals surface area contributed by atoms with E-state index in [1.807, 2.05) is 11.3 Å². The Balaban J connectivity index is 1.07. The fourth-order valence-electron chi connectivity index (χ4n) is 9.75. The lowest BCUT2D eigenvalue weighted by atomic mass is 9.87. The summed E-state index contributed by atoms with van der Waals surface area (Å²) in [5.74, 6) is 0. The van der Waals surface area contributed by atoms with E-state index in [0.29, 0.717) is 0 Å². The first-order valence-electron chi connectivity index (χ1n) is 21.9. The standard InChI is InChI=1S/C62H41NS/c1-3-17-42(18-4-1)49-22-9-12-26-55(49)61-51(43-19-5-2-6-20-43)28-15-30-58(61)63(47-37-33-44(34-38-47)52-29-16-32-60-62(52)56-27-13-14-31-59(56)64-60)48-39-35-45(36-40-48)57-41-46-21-7-8-23-50(46)53-24-10-11-25-54(53)57/h1-41H. The molecule has 11 aromatic carbocycles. The van der Waals surface area contributed by atoms with Gasteiger partial charge in [-0.1, -0.05) is 200 Å². The van der Waals surface area contributed by atoms with Crippen molar-refractivity contribution in [2.45, 2.75) is 0 Å². The Morgan fingerprint density at radius 3 is 1.48 bits per heavy atom. The number of hydrogen-bond acceptors (Lipinski definition) is 2. The summed E-state index contributed by atoms with van der Waals surface area (Å²) in [7, 11) is 0. The molecule has 12 rings (SSSR count). The number of hydrogen-bond donors (Lipinski definition) is 0. The van der Waals surface area contributed by atoms with Gasteiger partial charge in [0.2, 0.25) is 0 Å². The van der Waals surface area contributed by atoms with E-state index in [1.54, 1.807) is 0 Å². The van der Waals surface area contributed by atoms with Gasteiger partial charge in [0.25, 0.3) is 0 Å². The average Bonchev–Trinajstić information content (AvgIpc) is 3.76. The van der Waals surface area contributed by atoms with Crippen LogP contribution >= 0.6 is 11.3 Å². The lowest BCUT2D eigenvalue weighted by molar-refractivity contribution is 1.28. The highest BCUT2D eigenvalue weighted by molar-refractivity contribution is 7.25. The Kier molecular flexibility index (Phi) is 9.43. The number of thiophene rings is 1. The minimum atomic E-state index is 1.08. The molecule has 0 spiro atoms. The highest BCUT2D eigenvalue weighted by atomic mass is 32.1. The molecule has 300 valence electrons. The van der Waals surface area contributed by atoms with Gasteiger partial charge in [0, 0.05) is 37.1 Å². The zero-order valence-electron chi connectivity index (χ0n) is 35.0. The molecular weight excluding hydrogens is 791 g/mol.